The Bertz CT molecular complexity index is 459. The summed E-state index contributed by atoms with van der Waals surface area (Å²) in [7, 11) is 0. The van der Waals surface area contributed by atoms with Crippen LogP contribution in [0.2, 0.25) is 0 Å². The quantitative estimate of drug-likeness (QED) is 0.855. The van der Waals surface area contributed by atoms with Crippen LogP contribution in [0.15, 0.2) is 30.3 Å². The highest BCUT2D eigenvalue weighted by Crippen LogP contribution is 2.30. The van der Waals surface area contributed by atoms with Gasteiger partial charge in [0.05, 0.1) is 18.9 Å². The van der Waals surface area contributed by atoms with Gasteiger partial charge in [-0.05, 0) is 18.4 Å². The van der Waals surface area contributed by atoms with Crippen molar-refractivity contribution in [1.29, 1.82) is 0 Å². The van der Waals surface area contributed by atoms with E-state index in [-0.39, 0.29) is 12.0 Å². The number of thioether (sulfide) groups is 1. The summed E-state index contributed by atoms with van der Waals surface area (Å²) in [5.74, 6) is 0.905. The number of nitrogens with zero attached hydrogens (tertiary/aromatic N) is 1. The molecule has 114 valence electrons. The summed E-state index contributed by atoms with van der Waals surface area (Å²) in [5, 5.41) is 0.708. The molecular formula is C17H23NO2S. The Labute approximate surface area is 131 Å². The molecule has 0 bridgehead atoms. The van der Waals surface area contributed by atoms with Gasteiger partial charge < -0.3 is 9.64 Å². The minimum atomic E-state index is 0.0281. The molecule has 2 fully saturated rings. The second-order valence-electron chi connectivity index (χ2n) is 5.83. The lowest BCUT2D eigenvalue weighted by Crippen LogP contribution is -2.43. The topological polar surface area (TPSA) is 29.5 Å². The molecule has 1 amide bonds. The van der Waals surface area contributed by atoms with Crippen LogP contribution in [0, 0.1) is 0 Å². The number of carbonyl (C=O) groups is 1. The maximum atomic E-state index is 12.4. The van der Waals surface area contributed by atoms with E-state index in [0.717, 1.165) is 6.54 Å². The number of morpholine rings is 1. The predicted octanol–water partition coefficient (Wildman–Crippen LogP) is 3.26. The van der Waals surface area contributed by atoms with Gasteiger partial charge in [-0.3, -0.25) is 4.79 Å². The maximum absolute atomic E-state index is 12.4. The van der Waals surface area contributed by atoms with Crippen LogP contribution >= 0.6 is 11.8 Å². The van der Waals surface area contributed by atoms with Crippen molar-refractivity contribution < 1.29 is 9.53 Å². The first-order valence-corrected chi connectivity index (χ1v) is 8.94. The van der Waals surface area contributed by atoms with Crippen LogP contribution in [0.25, 0.3) is 0 Å². The summed E-state index contributed by atoms with van der Waals surface area (Å²) in [6.07, 6.45) is 5.26. The van der Waals surface area contributed by atoms with Gasteiger partial charge in [0.25, 0.3) is 0 Å². The van der Waals surface area contributed by atoms with Crippen molar-refractivity contribution in [3.8, 4) is 0 Å². The van der Waals surface area contributed by atoms with Gasteiger partial charge in [0, 0.05) is 11.8 Å². The van der Waals surface area contributed by atoms with Gasteiger partial charge in [-0.15, -0.1) is 11.8 Å². The highest BCUT2D eigenvalue weighted by molar-refractivity contribution is 8.00. The average Bonchev–Trinajstić information content (AvgIpc) is 3.07. The first-order chi connectivity index (χ1) is 10.3. The number of hydrogen-bond donors (Lipinski definition) is 0. The van der Waals surface area contributed by atoms with Crippen LogP contribution in [-0.4, -0.2) is 41.5 Å². The van der Waals surface area contributed by atoms with Crippen LogP contribution < -0.4 is 0 Å². The van der Waals surface area contributed by atoms with E-state index in [1.807, 2.05) is 34.9 Å². The molecule has 3 nitrogen and oxygen atoms in total. The molecule has 1 unspecified atom stereocenters. The zero-order valence-electron chi connectivity index (χ0n) is 12.4. The van der Waals surface area contributed by atoms with E-state index < -0.39 is 0 Å². The standard InChI is InChI=1S/C17H23NO2S/c19-17(13-21-15-8-4-5-9-15)18-10-11-20-16(12-18)14-6-2-1-3-7-14/h1-3,6-7,15-16H,4-5,8-13H2. The van der Waals surface area contributed by atoms with E-state index in [9.17, 15) is 4.79 Å². The molecule has 1 atom stereocenters. The van der Waals surface area contributed by atoms with E-state index in [1.54, 1.807) is 0 Å². The Morgan fingerprint density at radius 2 is 2.00 bits per heavy atom. The molecule has 1 aromatic rings. The van der Waals surface area contributed by atoms with Gasteiger partial charge in [-0.1, -0.05) is 43.2 Å². The predicted molar refractivity (Wildman–Crippen MR) is 86.4 cm³/mol. The Hall–Kier alpha value is -1.00. The van der Waals surface area contributed by atoms with Crippen molar-refractivity contribution in [2.24, 2.45) is 0 Å². The fraction of sp³-hybridized carbons (Fsp3) is 0.588. The molecule has 0 N–H and O–H groups in total. The molecule has 0 radical (unpaired) electrons. The van der Waals surface area contributed by atoms with E-state index in [1.165, 1.54) is 31.2 Å². The van der Waals surface area contributed by atoms with Crippen molar-refractivity contribution in [3.05, 3.63) is 35.9 Å². The number of hydrogen-bond acceptors (Lipinski definition) is 3. The minimum Gasteiger partial charge on any atom is -0.370 e. The molecule has 1 aromatic carbocycles. The highest BCUT2D eigenvalue weighted by atomic mass is 32.2. The smallest absolute Gasteiger partial charge is 0.232 e. The van der Waals surface area contributed by atoms with Crippen molar-refractivity contribution in [2.75, 3.05) is 25.4 Å². The van der Waals surface area contributed by atoms with Crippen LogP contribution in [0.5, 0.6) is 0 Å². The summed E-state index contributed by atoms with van der Waals surface area (Å²) >= 11 is 1.85. The van der Waals surface area contributed by atoms with Crippen LogP contribution in [0.1, 0.15) is 37.4 Å². The molecule has 3 rings (SSSR count). The number of benzene rings is 1. The monoisotopic (exact) mass is 305 g/mol. The molecule has 1 aliphatic heterocycles. The van der Waals surface area contributed by atoms with Crippen molar-refractivity contribution in [3.63, 3.8) is 0 Å². The largest absolute Gasteiger partial charge is 0.370 e. The zero-order chi connectivity index (χ0) is 14.5. The van der Waals surface area contributed by atoms with Crippen LogP contribution in [-0.2, 0) is 9.53 Å². The minimum absolute atomic E-state index is 0.0281. The first kappa shape index (κ1) is 14.9. The Kier molecular flexibility index (Phi) is 5.20. The Morgan fingerprint density at radius 1 is 1.24 bits per heavy atom. The highest BCUT2D eigenvalue weighted by Gasteiger charge is 2.26. The van der Waals surface area contributed by atoms with Crippen molar-refractivity contribution in [2.45, 2.75) is 37.0 Å². The number of amides is 1. The zero-order valence-corrected chi connectivity index (χ0v) is 13.2. The number of ether oxygens (including phenoxy) is 1. The third-order valence-corrected chi connectivity index (χ3v) is 5.69. The Balaban J connectivity index is 1.51. The average molecular weight is 305 g/mol. The lowest BCUT2D eigenvalue weighted by molar-refractivity contribution is -0.136. The van der Waals surface area contributed by atoms with Gasteiger partial charge in [0.2, 0.25) is 5.91 Å². The van der Waals surface area contributed by atoms with Gasteiger partial charge in [0.15, 0.2) is 0 Å². The van der Waals surface area contributed by atoms with Gasteiger partial charge in [-0.2, -0.15) is 0 Å². The molecule has 1 heterocycles. The van der Waals surface area contributed by atoms with Gasteiger partial charge in [0.1, 0.15) is 6.10 Å². The third kappa shape index (κ3) is 4.01. The van der Waals surface area contributed by atoms with E-state index in [2.05, 4.69) is 12.1 Å². The molecule has 21 heavy (non-hydrogen) atoms. The fourth-order valence-corrected chi connectivity index (χ4v) is 4.31. The van der Waals surface area contributed by atoms with E-state index in [0.29, 0.717) is 24.2 Å². The number of rotatable bonds is 4. The summed E-state index contributed by atoms with van der Waals surface area (Å²) in [6.45, 7) is 2.06. The molecule has 1 saturated heterocycles. The normalized spacial score (nSPS) is 23.4. The maximum Gasteiger partial charge on any atom is 0.232 e. The first-order valence-electron chi connectivity index (χ1n) is 7.89. The van der Waals surface area contributed by atoms with Crippen molar-refractivity contribution in [1.82, 2.24) is 4.90 Å². The third-order valence-electron chi connectivity index (χ3n) is 4.34. The molecule has 0 spiro atoms. The lowest BCUT2D eigenvalue weighted by Gasteiger charge is -2.33. The SMILES string of the molecule is O=C(CSC1CCCC1)N1CCOC(c2ccccc2)C1. The molecule has 4 heteroatoms. The second-order valence-corrected chi connectivity index (χ2v) is 7.12. The second kappa shape index (κ2) is 7.32. The van der Waals surface area contributed by atoms with Crippen LogP contribution in [0.4, 0.5) is 0 Å². The molecule has 1 aliphatic carbocycles. The Morgan fingerprint density at radius 3 is 2.76 bits per heavy atom. The van der Waals surface area contributed by atoms with Crippen LogP contribution in [0.3, 0.4) is 0 Å². The number of carbonyl (C=O) groups excluding carboxylic acids is 1. The van der Waals surface area contributed by atoms with E-state index >= 15 is 0 Å². The summed E-state index contributed by atoms with van der Waals surface area (Å²) in [4.78, 5) is 14.4. The summed E-state index contributed by atoms with van der Waals surface area (Å²) in [6, 6.07) is 10.2. The lowest BCUT2D eigenvalue weighted by atomic mass is 10.1. The summed E-state index contributed by atoms with van der Waals surface area (Å²) < 4.78 is 5.82. The van der Waals surface area contributed by atoms with E-state index in [4.69, 9.17) is 4.74 Å². The van der Waals surface area contributed by atoms with Crippen molar-refractivity contribution >= 4 is 17.7 Å². The molecular weight excluding hydrogens is 282 g/mol. The fourth-order valence-electron chi connectivity index (χ4n) is 3.08. The molecule has 1 saturated carbocycles. The summed E-state index contributed by atoms with van der Waals surface area (Å²) in [5.41, 5.74) is 1.17. The molecule has 0 aromatic heterocycles. The van der Waals surface area contributed by atoms with Gasteiger partial charge in [-0.25, -0.2) is 0 Å². The molecule has 2 aliphatic rings. The van der Waals surface area contributed by atoms with Gasteiger partial charge >= 0.3 is 0 Å².